The number of nitrogens with one attached hydrogen (secondary N) is 1. The molecule has 0 saturated carbocycles. The average molecular weight is 534 g/mol. The van der Waals surface area contributed by atoms with Gasteiger partial charge in [-0.1, -0.05) is 54.1 Å². The summed E-state index contributed by atoms with van der Waals surface area (Å²) < 4.78 is 19.7. The molecule has 5 nitrogen and oxygen atoms in total. The zero-order chi connectivity index (χ0) is 23.8. The number of rotatable bonds is 9. The fourth-order valence-electron chi connectivity index (χ4n) is 3.32. The van der Waals surface area contributed by atoms with Gasteiger partial charge in [-0.3, -0.25) is 9.59 Å². The molecule has 0 bridgehead atoms. The van der Waals surface area contributed by atoms with Crippen molar-refractivity contribution in [3.8, 4) is 5.75 Å². The van der Waals surface area contributed by atoms with Crippen molar-refractivity contribution in [3.63, 3.8) is 0 Å². The summed E-state index contributed by atoms with van der Waals surface area (Å²) in [7, 11) is 1.53. The number of likely N-dealkylation sites (N-methyl/N-ethyl adjacent to an activating group) is 1. The molecule has 1 N–H and O–H groups in total. The van der Waals surface area contributed by atoms with Crippen LogP contribution in [0.15, 0.2) is 77.3 Å². The van der Waals surface area contributed by atoms with E-state index in [-0.39, 0.29) is 30.8 Å². The molecule has 0 aromatic heterocycles. The zero-order valence-corrected chi connectivity index (χ0v) is 20.3. The number of hydrogen-bond donors (Lipinski definition) is 1. The minimum atomic E-state index is -0.785. The molecular formula is C25H23BrClFN2O3. The van der Waals surface area contributed by atoms with Gasteiger partial charge >= 0.3 is 0 Å². The van der Waals surface area contributed by atoms with Crippen LogP contribution in [-0.2, 0) is 22.6 Å². The first-order valence-corrected chi connectivity index (χ1v) is 11.4. The van der Waals surface area contributed by atoms with Crippen molar-refractivity contribution in [1.82, 2.24) is 10.2 Å². The largest absolute Gasteiger partial charge is 0.483 e. The Hall–Kier alpha value is -2.90. The molecule has 3 rings (SSSR count). The standard InChI is InChI=1S/C25H23BrClFN2O3/c1-29-25(32)22(13-17-5-3-2-4-6-17)30(15-18-7-10-20(28)11-8-18)24(31)16-33-23-12-9-19(27)14-21(23)26/h2-12,14,22H,13,15-16H2,1H3,(H,29,32)/t22-/m0/s1. The second kappa shape index (κ2) is 11.8. The first-order valence-electron chi connectivity index (χ1n) is 10.2. The monoisotopic (exact) mass is 532 g/mol. The van der Waals surface area contributed by atoms with E-state index in [9.17, 15) is 14.0 Å². The maximum absolute atomic E-state index is 13.4. The van der Waals surface area contributed by atoms with Crippen LogP contribution in [-0.4, -0.2) is 36.4 Å². The highest BCUT2D eigenvalue weighted by Crippen LogP contribution is 2.28. The Kier molecular flexibility index (Phi) is 8.86. The number of benzene rings is 3. The van der Waals surface area contributed by atoms with E-state index >= 15 is 0 Å². The molecule has 3 aromatic carbocycles. The minimum Gasteiger partial charge on any atom is -0.483 e. The van der Waals surface area contributed by atoms with Gasteiger partial charge in [0.25, 0.3) is 5.91 Å². The maximum Gasteiger partial charge on any atom is 0.261 e. The van der Waals surface area contributed by atoms with Gasteiger partial charge in [-0.15, -0.1) is 0 Å². The molecule has 0 heterocycles. The molecule has 0 saturated heterocycles. The summed E-state index contributed by atoms with van der Waals surface area (Å²) in [6.07, 6.45) is 0.318. The highest BCUT2D eigenvalue weighted by atomic mass is 79.9. The number of hydrogen-bond acceptors (Lipinski definition) is 3. The normalized spacial score (nSPS) is 11.5. The third-order valence-corrected chi connectivity index (χ3v) is 5.88. The lowest BCUT2D eigenvalue weighted by atomic mass is 10.0. The van der Waals surface area contributed by atoms with E-state index in [1.54, 1.807) is 30.3 Å². The van der Waals surface area contributed by atoms with E-state index in [4.69, 9.17) is 16.3 Å². The first-order chi connectivity index (χ1) is 15.9. The van der Waals surface area contributed by atoms with Crippen LogP contribution in [0.3, 0.4) is 0 Å². The van der Waals surface area contributed by atoms with Gasteiger partial charge in [-0.05, 0) is 57.4 Å². The fraction of sp³-hybridized carbons (Fsp3) is 0.200. The van der Waals surface area contributed by atoms with Gasteiger partial charge < -0.3 is 15.0 Å². The Balaban J connectivity index is 1.87. The maximum atomic E-state index is 13.4. The van der Waals surface area contributed by atoms with Crippen molar-refractivity contribution in [2.75, 3.05) is 13.7 Å². The summed E-state index contributed by atoms with van der Waals surface area (Å²) in [5.74, 6) is -0.610. The minimum absolute atomic E-state index is 0.120. The van der Waals surface area contributed by atoms with Crippen LogP contribution in [0.2, 0.25) is 5.02 Å². The van der Waals surface area contributed by atoms with Crippen LogP contribution in [0.1, 0.15) is 11.1 Å². The van der Waals surface area contributed by atoms with Crippen molar-refractivity contribution in [3.05, 3.63) is 99.2 Å². The zero-order valence-electron chi connectivity index (χ0n) is 17.9. The molecule has 3 aromatic rings. The van der Waals surface area contributed by atoms with Crippen molar-refractivity contribution in [1.29, 1.82) is 0 Å². The predicted octanol–water partition coefficient (Wildman–Crippen LogP) is 5.01. The second-order valence-corrected chi connectivity index (χ2v) is 8.62. The van der Waals surface area contributed by atoms with Crippen LogP contribution in [0.4, 0.5) is 4.39 Å². The van der Waals surface area contributed by atoms with E-state index < -0.39 is 6.04 Å². The van der Waals surface area contributed by atoms with E-state index in [2.05, 4.69) is 21.2 Å². The lowest BCUT2D eigenvalue weighted by Gasteiger charge is -2.31. The van der Waals surface area contributed by atoms with Crippen molar-refractivity contribution in [2.45, 2.75) is 19.0 Å². The topological polar surface area (TPSA) is 58.6 Å². The summed E-state index contributed by atoms with van der Waals surface area (Å²) in [5.41, 5.74) is 1.60. The molecule has 172 valence electrons. The van der Waals surface area contributed by atoms with Crippen LogP contribution in [0.5, 0.6) is 5.75 Å². The molecule has 0 aliphatic heterocycles. The summed E-state index contributed by atoms with van der Waals surface area (Å²) in [6.45, 7) is -0.168. The number of amides is 2. The van der Waals surface area contributed by atoms with Crippen LogP contribution in [0.25, 0.3) is 0 Å². The van der Waals surface area contributed by atoms with E-state index in [0.717, 1.165) is 5.56 Å². The third-order valence-electron chi connectivity index (χ3n) is 5.03. The van der Waals surface area contributed by atoms with Crippen LogP contribution < -0.4 is 10.1 Å². The summed E-state index contributed by atoms with van der Waals surface area (Å²) in [6, 6.07) is 19.5. The summed E-state index contributed by atoms with van der Waals surface area (Å²) in [4.78, 5) is 27.6. The lowest BCUT2D eigenvalue weighted by molar-refractivity contribution is -0.142. The Labute approximate surface area is 205 Å². The molecule has 1 atom stereocenters. The average Bonchev–Trinajstić information content (AvgIpc) is 2.82. The number of halogens is 3. The molecule has 0 unspecified atom stereocenters. The molecule has 0 radical (unpaired) electrons. The van der Waals surface area contributed by atoms with Crippen molar-refractivity contribution < 1.29 is 18.7 Å². The van der Waals surface area contributed by atoms with Gasteiger partial charge in [0.2, 0.25) is 5.91 Å². The lowest BCUT2D eigenvalue weighted by Crippen LogP contribution is -2.51. The molecule has 0 spiro atoms. The molecule has 2 amide bonds. The van der Waals surface area contributed by atoms with Gasteiger partial charge in [0.15, 0.2) is 6.61 Å². The molecule has 8 heteroatoms. The van der Waals surface area contributed by atoms with Gasteiger partial charge in [-0.25, -0.2) is 4.39 Å². The Morgan fingerprint density at radius 1 is 1.06 bits per heavy atom. The molecule has 0 aliphatic rings. The van der Waals surface area contributed by atoms with Crippen molar-refractivity contribution in [2.24, 2.45) is 0 Å². The highest BCUT2D eigenvalue weighted by molar-refractivity contribution is 9.10. The molecule has 0 aliphatic carbocycles. The van der Waals surface area contributed by atoms with E-state index in [1.807, 2.05) is 30.3 Å². The SMILES string of the molecule is CNC(=O)[C@H](Cc1ccccc1)N(Cc1ccc(F)cc1)C(=O)COc1ccc(Cl)cc1Br. The molecule has 0 fully saturated rings. The van der Waals surface area contributed by atoms with Gasteiger partial charge in [-0.2, -0.15) is 0 Å². The summed E-state index contributed by atoms with van der Waals surface area (Å²) >= 11 is 9.34. The number of nitrogens with zero attached hydrogens (tertiary/aromatic N) is 1. The highest BCUT2D eigenvalue weighted by Gasteiger charge is 2.30. The Morgan fingerprint density at radius 3 is 2.39 bits per heavy atom. The molecule has 33 heavy (non-hydrogen) atoms. The van der Waals surface area contributed by atoms with E-state index in [0.29, 0.717) is 27.2 Å². The van der Waals surface area contributed by atoms with Gasteiger partial charge in [0.05, 0.1) is 4.47 Å². The number of carbonyl (C=O) groups excluding carboxylic acids is 2. The Bertz CT molecular complexity index is 1100. The first kappa shape index (κ1) is 24.7. The van der Waals surface area contributed by atoms with E-state index in [1.165, 1.54) is 24.1 Å². The smallest absolute Gasteiger partial charge is 0.261 e. The van der Waals surface area contributed by atoms with Gasteiger partial charge in [0, 0.05) is 25.0 Å². The molecular weight excluding hydrogens is 511 g/mol. The third kappa shape index (κ3) is 7.04. The summed E-state index contributed by atoms with van der Waals surface area (Å²) in [5, 5.41) is 3.18. The quantitative estimate of drug-likeness (QED) is 0.421. The van der Waals surface area contributed by atoms with Gasteiger partial charge in [0.1, 0.15) is 17.6 Å². The Morgan fingerprint density at radius 2 is 1.76 bits per heavy atom. The predicted molar refractivity (Wildman–Crippen MR) is 130 cm³/mol. The second-order valence-electron chi connectivity index (χ2n) is 7.33. The van der Waals surface area contributed by atoms with Crippen LogP contribution in [0, 0.1) is 5.82 Å². The number of carbonyl (C=O) groups is 2. The number of ether oxygens (including phenoxy) is 1. The van der Waals surface area contributed by atoms with Crippen molar-refractivity contribution >= 4 is 39.3 Å². The van der Waals surface area contributed by atoms with Crippen LogP contribution >= 0.6 is 27.5 Å². The fourth-order valence-corrected chi connectivity index (χ4v) is 4.12.